The summed E-state index contributed by atoms with van der Waals surface area (Å²) in [5.41, 5.74) is 4.48. The standard InChI is InChI=1S/C29H31N3O4S2/c1-20-16-21(2)27-26(17-20)30-29(37-27)32(18-22-8-5-4-6-9-22)28(33)23-11-13-25(14-12-23)38(34,35)31(3)19-24-10-7-15-36-24/h4-6,8-9,11-14,16-17,24H,7,10,15,18-19H2,1-3H3. The molecule has 9 heteroatoms. The van der Waals surface area contributed by atoms with Crippen molar-refractivity contribution in [1.29, 1.82) is 0 Å². The SMILES string of the molecule is Cc1cc(C)c2sc(N(Cc3ccccc3)C(=O)c3ccc(S(=O)(=O)N(C)CC4CCCO4)cc3)nc2c1. The zero-order valence-corrected chi connectivity index (χ0v) is 23.4. The molecule has 38 heavy (non-hydrogen) atoms. The van der Waals surface area contributed by atoms with Crippen molar-refractivity contribution in [3.63, 3.8) is 0 Å². The molecule has 0 radical (unpaired) electrons. The third-order valence-electron chi connectivity index (χ3n) is 6.76. The molecular weight excluding hydrogens is 518 g/mol. The maximum Gasteiger partial charge on any atom is 0.260 e. The molecule has 1 aliphatic heterocycles. The predicted octanol–water partition coefficient (Wildman–Crippen LogP) is 5.56. The first-order chi connectivity index (χ1) is 18.2. The minimum Gasteiger partial charge on any atom is -0.377 e. The molecule has 0 aliphatic carbocycles. The lowest BCUT2D eigenvalue weighted by molar-refractivity contribution is 0.0978. The lowest BCUT2D eigenvalue weighted by Gasteiger charge is -2.22. The number of hydrogen-bond donors (Lipinski definition) is 0. The topological polar surface area (TPSA) is 79.8 Å². The first kappa shape index (κ1) is 26.5. The second-order valence-corrected chi connectivity index (χ2v) is 12.8. The second-order valence-electron chi connectivity index (χ2n) is 9.75. The monoisotopic (exact) mass is 549 g/mol. The Kier molecular flexibility index (Phi) is 7.63. The van der Waals surface area contributed by atoms with Gasteiger partial charge in [0.25, 0.3) is 5.91 Å². The highest BCUT2D eigenvalue weighted by Gasteiger charge is 2.27. The van der Waals surface area contributed by atoms with Gasteiger partial charge in [0.2, 0.25) is 10.0 Å². The molecule has 0 N–H and O–H groups in total. The molecule has 1 amide bonds. The number of thiazole rings is 1. The van der Waals surface area contributed by atoms with Crippen molar-refractivity contribution in [2.24, 2.45) is 0 Å². The van der Waals surface area contributed by atoms with Crippen molar-refractivity contribution in [3.8, 4) is 0 Å². The molecular formula is C29H31N3O4S2. The third-order valence-corrected chi connectivity index (χ3v) is 9.83. The van der Waals surface area contributed by atoms with Crippen LogP contribution in [-0.4, -0.2) is 49.9 Å². The van der Waals surface area contributed by atoms with E-state index in [9.17, 15) is 13.2 Å². The van der Waals surface area contributed by atoms with E-state index in [4.69, 9.17) is 9.72 Å². The van der Waals surface area contributed by atoms with E-state index in [1.165, 1.54) is 27.8 Å². The average Bonchev–Trinajstić information content (AvgIpc) is 3.57. The van der Waals surface area contributed by atoms with E-state index in [0.717, 1.165) is 39.7 Å². The quantitative estimate of drug-likeness (QED) is 0.288. The number of amides is 1. The molecule has 0 saturated carbocycles. The van der Waals surface area contributed by atoms with Gasteiger partial charge in [-0.25, -0.2) is 13.4 Å². The molecule has 198 valence electrons. The van der Waals surface area contributed by atoms with Gasteiger partial charge in [0, 0.05) is 25.8 Å². The summed E-state index contributed by atoms with van der Waals surface area (Å²) in [6.45, 7) is 5.41. The number of sulfonamides is 1. The Labute approximate surface area is 227 Å². The van der Waals surface area contributed by atoms with Gasteiger partial charge in [-0.1, -0.05) is 47.7 Å². The largest absolute Gasteiger partial charge is 0.377 e. The van der Waals surface area contributed by atoms with Gasteiger partial charge >= 0.3 is 0 Å². The van der Waals surface area contributed by atoms with Crippen molar-refractivity contribution in [1.82, 2.24) is 9.29 Å². The number of anilines is 1. The molecule has 1 aromatic heterocycles. The van der Waals surface area contributed by atoms with Gasteiger partial charge in [0.05, 0.1) is 27.8 Å². The van der Waals surface area contributed by atoms with Crippen molar-refractivity contribution in [2.75, 3.05) is 25.1 Å². The summed E-state index contributed by atoms with van der Waals surface area (Å²) in [7, 11) is -2.13. The first-order valence-electron chi connectivity index (χ1n) is 12.6. The Bertz CT molecular complexity index is 1540. The highest BCUT2D eigenvalue weighted by molar-refractivity contribution is 7.89. The number of likely N-dealkylation sites (N-methyl/N-ethyl adjacent to an activating group) is 1. The number of fused-ring (bicyclic) bond motifs is 1. The number of aryl methyl sites for hydroxylation is 2. The normalized spacial score (nSPS) is 15.8. The van der Waals surface area contributed by atoms with Crippen LogP contribution in [0.1, 0.15) is 39.9 Å². The molecule has 2 heterocycles. The van der Waals surface area contributed by atoms with Crippen LogP contribution in [0, 0.1) is 13.8 Å². The van der Waals surface area contributed by atoms with E-state index >= 15 is 0 Å². The highest BCUT2D eigenvalue weighted by Crippen LogP contribution is 2.34. The molecule has 1 unspecified atom stereocenters. The Morgan fingerprint density at radius 1 is 1.08 bits per heavy atom. The maximum atomic E-state index is 13.8. The van der Waals surface area contributed by atoms with E-state index < -0.39 is 10.0 Å². The summed E-state index contributed by atoms with van der Waals surface area (Å²) < 4.78 is 34.2. The fourth-order valence-corrected chi connectivity index (χ4v) is 6.97. The van der Waals surface area contributed by atoms with Gasteiger partial charge in [-0.15, -0.1) is 0 Å². The number of hydrogen-bond acceptors (Lipinski definition) is 6. The second kappa shape index (κ2) is 10.9. The summed E-state index contributed by atoms with van der Waals surface area (Å²) in [6, 6.07) is 20.1. The smallest absolute Gasteiger partial charge is 0.260 e. The summed E-state index contributed by atoms with van der Waals surface area (Å²) in [5.74, 6) is -0.237. The number of benzene rings is 3. The van der Waals surface area contributed by atoms with E-state index in [1.54, 1.807) is 24.1 Å². The van der Waals surface area contributed by atoms with Gasteiger partial charge < -0.3 is 4.74 Å². The third kappa shape index (κ3) is 5.51. The van der Waals surface area contributed by atoms with Gasteiger partial charge in [0.1, 0.15) is 0 Å². The van der Waals surface area contributed by atoms with Crippen molar-refractivity contribution >= 4 is 42.6 Å². The van der Waals surface area contributed by atoms with E-state index in [1.807, 2.05) is 43.3 Å². The molecule has 1 fully saturated rings. The Balaban J connectivity index is 1.44. The Morgan fingerprint density at radius 2 is 1.82 bits per heavy atom. The lowest BCUT2D eigenvalue weighted by Crippen LogP contribution is -2.34. The molecule has 7 nitrogen and oxygen atoms in total. The predicted molar refractivity (Wildman–Crippen MR) is 151 cm³/mol. The van der Waals surface area contributed by atoms with Crippen LogP contribution < -0.4 is 4.90 Å². The van der Waals surface area contributed by atoms with Crippen LogP contribution in [0.2, 0.25) is 0 Å². The molecule has 1 saturated heterocycles. The van der Waals surface area contributed by atoms with Crippen molar-refractivity contribution < 1.29 is 17.9 Å². The number of aromatic nitrogens is 1. The molecule has 0 bridgehead atoms. The highest BCUT2D eigenvalue weighted by atomic mass is 32.2. The summed E-state index contributed by atoms with van der Waals surface area (Å²) in [5, 5.41) is 0.607. The van der Waals surface area contributed by atoms with Crippen molar-refractivity contribution in [2.45, 2.75) is 44.2 Å². The summed E-state index contributed by atoms with van der Waals surface area (Å²) >= 11 is 1.49. The van der Waals surface area contributed by atoms with E-state index in [2.05, 4.69) is 13.0 Å². The van der Waals surface area contributed by atoms with Gasteiger partial charge in [0.15, 0.2) is 5.13 Å². The average molecular weight is 550 g/mol. The van der Waals surface area contributed by atoms with E-state index in [0.29, 0.717) is 30.4 Å². The number of carbonyl (C=O) groups excluding carboxylic acids is 1. The summed E-state index contributed by atoms with van der Waals surface area (Å²) in [6.07, 6.45) is 1.72. The molecule has 5 rings (SSSR count). The van der Waals surface area contributed by atoms with Crippen LogP contribution in [0.5, 0.6) is 0 Å². The lowest BCUT2D eigenvalue weighted by atomic mass is 10.1. The molecule has 4 aromatic rings. The van der Waals surface area contributed by atoms with Gasteiger partial charge in [-0.2, -0.15) is 4.31 Å². The fraction of sp³-hybridized carbons (Fsp3) is 0.310. The Morgan fingerprint density at radius 3 is 2.50 bits per heavy atom. The van der Waals surface area contributed by atoms with Gasteiger partial charge in [-0.05, 0) is 73.7 Å². The van der Waals surface area contributed by atoms with Crippen LogP contribution in [0.4, 0.5) is 5.13 Å². The molecule has 3 aromatic carbocycles. The van der Waals surface area contributed by atoms with Crippen LogP contribution in [-0.2, 0) is 21.3 Å². The molecule has 1 atom stereocenters. The minimum absolute atomic E-state index is 0.0802. The van der Waals surface area contributed by atoms with Crippen LogP contribution in [0.15, 0.2) is 71.6 Å². The molecule has 1 aliphatic rings. The first-order valence-corrected chi connectivity index (χ1v) is 14.9. The number of carbonyl (C=O) groups is 1. The van der Waals surface area contributed by atoms with Crippen LogP contribution in [0.3, 0.4) is 0 Å². The number of ether oxygens (including phenoxy) is 1. The molecule has 0 spiro atoms. The zero-order chi connectivity index (χ0) is 26.9. The van der Waals surface area contributed by atoms with Crippen LogP contribution in [0.25, 0.3) is 10.2 Å². The van der Waals surface area contributed by atoms with Gasteiger partial charge in [-0.3, -0.25) is 9.69 Å². The van der Waals surface area contributed by atoms with E-state index in [-0.39, 0.29) is 16.9 Å². The Hall–Kier alpha value is -3.11. The van der Waals surface area contributed by atoms with Crippen molar-refractivity contribution in [3.05, 3.63) is 89.0 Å². The fourth-order valence-electron chi connectivity index (χ4n) is 4.75. The van der Waals surface area contributed by atoms with Crippen LogP contribution >= 0.6 is 11.3 Å². The number of nitrogens with zero attached hydrogens (tertiary/aromatic N) is 3. The maximum absolute atomic E-state index is 13.8. The minimum atomic E-state index is -3.70. The summed E-state index contributed by atoms with van der Waals surface area (Å²) in [4.78, 5) is 20.5. The number of rotatable bonds is 8. The zero-order valence-electron chi connectivity index (χ0n) is 21.8.